The molecule has 6 heteroatoms. The molecule has 0 aromatic carbocycles. The van der Waals surface area contributed by atoms with Crippen molar-refractivity contribution in [1.82, 2.24) is 9.80 Å². The molecule has 1 saturated carbocycles. The van der Waals surface area contributed by atoms with Crippen LogP contribution in [0, 0.1) is 0 Å². The summed E-state index contributed by atoms with van der Waals surface area (Å²) < 4.78 is 0. The zero-order valence-corrected chi connectivity index (χ0v) is 11.9. The number of nitrogens with zero attached hydrogens (tertiary/aromatic N) is 2. The Morgan fingerprint density at radius 2 is 2.21 bits per heavy atom. The average molecular weight is 282 g/mol. The molecule has 0 bridgehead atoms. The smallest absolute Gasteiger partial charge is 0.323 e. The Hall–Kier alpha value is -1.56. The molecule has 1 aromatic rings. The van der Waals surface area contributed by atoms with Crippen molar-refractivity contribution in [3.63, 3.8) is 0 Å². The molecule has 1 atom stereocenters. The van der Waals surface area contributed by atoms with Gasteiger partial charge in [0.15, 0.2) is 0 Å². The number of urea groups is 1. The van der Waals surface area contributed by atoms with Crippen LogP contribution in [-0.4, -0.2) is 46.5 Å². The number of hydrogen-bond donors (Lipinski definition) is 1. The van der Waals surface area contributed by atoms with E-state index in [-0.39, 0.29) is 24.7 Å². The van der Waals surface area contributed by atoms with Crippen LogP contribution in [0.4, 0.5) is 4.79 Å². The lowest BCUT2D eigenvalue weighted by atomic mass is 10.2. The largest absolute Gasteiger partial charge is 0.480 e. The molecule has 19 heavy (non-hydrogen) atoms. The fourth-order valence-corrected chi connectivity index (χ4v) is 2.80. The molecular weight excluding hydrogens is 264 g/mol. The Labute approximate surface area is 116 Å². The molecule has 104 valence electrons. The van der Waals surface area contributed by atoms with Gasteiger partial charge < -0.3 is 14.9 Å². The predicted molar refractivity (Wildman–Crippen MR) is 73.3 cm³/mol. The highest BCUT2D eigenvalue weighted by molar-refractivity contribution is 7.10. The molecule has 1 aliphatic rings. The lowest BCUT2D eigenvalue weighted by Crippen LogP contribution is -2.45. The highest BCUT2D eigenvalue weighted by Crippen LogP contribution is 2.30. The first kappa shape index (κ1) is 13.9. The second kappa shape index (κ2) is 5.61. The standard InChI is InChI=1S/C13H18N2O3S/c1-9(11-4-3-7-19-11)14(2)13(18)15(8-12(16)17)10-5-6-10/h3-4,7,9-10H,5-6,8H2,1-2H3,(H,16,17). The number of carbonyl (C=O) groups excluding carboxylic acids is 1. The maximum atomic E-state index is 12.4. The van der Waals surface area contributed by atoms with E-state index < -0.39 is 5.97 Å². The summed E-state index contributed by atoms with van der Waals surface area (Å²) >= 11 is 1.60. The van der Waals surface area contributed by atoms with E-state index in [0.717, 1.165) is 17.7 Å². The molecule has 0 aliphatic heterocycles. The summed E-state index contributed by atoms with van der Waals surface area (Å²) in [5.41, 5.74) is 0. The van der Waals surface area contributed by atoms with Crippen LogP contribution in [0.25, 0.3) is 0 Å². The van der Waals surface area contributed by atoms with Crippen LogP contribution in [-0.2, 0) is 4.79 Å². The van der Waals surface area contributed by atoms with E-state index in [2.05, 4.69) is 0 Å². The van der Waals surface area contributed by atoms with Crippen molar-refractivity contribution >= 4 is 23.3 Å². The number of aliphatic carboxylic acids is 1. The highest BCUT2D eigenvalue weighted by Gasteiger charge is 2.36. The SMILES string of the molecule is CC(c1cccs1)N(C)C(=O)N(CC(=O)O)C1CC1. The molecule has 5 nitrogen and oxygen atoms in total. The maximum absolute atomic E-state index is 12.4. The van der Waals surface area contributed by atoms with Crippen molar-refractivity contribution in [2.45, 2.75) is 31.8 Å². The summed E-state index contributed by atoms with van der Waals surface area (Å²) in [6.07, 6.45) is 1.81. The number of carboxylic acid groups (broad SMARTS) is 1. The van der Waals surface area contributed by atoms with Crippen molar-refractivity contribution in [2.75, 3.05) is 13.6 Å². The van der Waals surface area contributed by atoms with Gasteiger partial charge in [0.2, 0.25) is 0 Å². The fourth-order valence-electron chi connectivity index (χ4n) is 1.97. The van der Waals surface area contributed by atoms with Crippen molar-refractivity contribution in [1.29, 1.82) is 0 Å². The number of carbonyl (C=O) groups is 2. The van der Waals surface area contributed by atoms with Crippen LogP contribution in [0.15, 0.2) is 17.5 Å². The zero-order chi connectivity index (χ0) is 14.0. The minimum absolute atomic E-state index is 0.0393. The Kier molecular flexibility index (Phi) is 4.09. The molecule has 1 unspecified atom stereocenters. The van der Waals surface area contributed by atoms with Crippen LogP contribution < -0.4 is 0 Å². The van der Waals surface area contributed by atoms with Gasteiger partial charge in [0, 0.05) is 18.0 Å². The fraction of sp³-hybridized carbons (Fsp3) is 0.538. The zero-order valence-electron chi connectivity index (χ0n) is 11.1. The number of hydrogen-bond acceptors (Lipinski definition) is 3. The first-order chi connectivity index (χ1) is 9.00. The van der Waals surface area contributed by atoms with Gasteiger partial charge in [-0.05, 0) is 31.2 Å². The molecule has 1 aromatic heterocycles. The molecule has 1 heterocycles. The lowest BCUT2D eigenvalue weighted by molar-refractivity contribution is -0.137. The van der Waals surface area contributed by atoms with Crippen LogP contribution in [0.1, 0.15) is 30.7 Å². The molecule has 2 rings (SSSR count). The Bertz CT molecular complexity index is 456. The number of rotatable bonds is 5. The average Bonchev–Trinajstić information content (AvgIpc) is 3.07. The van der Waals surface area contributed by atoms with E-state index in [9.17, 15) is 9.59 Å². The van der Waals surface area contributed by atoms with Gasteiger partial charge in [0.05, 0.1) is 6.04 Å². The van der Waals surface area contributed by atoms with Crippen LogP contribution in [0.3, 0.4) is 0 Å². The summed E-state index contributed by atoms with van der Waals surface area (Å²) in [7, 11) is 1.73. The second-order valence-corrected chi connectivity index (χ2v) is 5.82. The molecule has 1 N–H and O–H groups in total. The van der Waals surface area contributed by atoms with Crippen LogP contribution >= 0.6 is 11.3 Å². The molecule has 2 amide bonds. The number of carboxylic acids is 1. The Morgan fingerprint density at radius 3 is 2.68 bits per heavy atom. The minimum Gasteiger partial charge on any atom is -0.480 e. The van der Waals surface area contributed by atoms with Gasteiger partial charge in [-0.3, -0.25) is 4.79 Å². The van der Waals surface area contributed by atoms with E-state index in [1.54, 1.807) is 23.3 Å². The third-order valence-corrected chi connectivity index (χ3v) is 4.42. The van der Waals surface area contributed by atoms with Gasteiger partial charge in [-0.2, -0.15) is 0 Å². The van der Waals surface area contributed by atoms with Gasteiger partial charge in [-0.25, -0.2) is 4.79 Å². The molecular formula is C13H18N2O3S. The third kappa shape index (κ3) is 3.26. The van der Waals surface area contributed by atoms with Gasteiger partial charge in [0.25, 0.3) is 0 Å². The van der Waals surface area contributed by atoms with Gasteiger partial charge >= 0.3 is 12.0 Å². The molecule has 0 saturated heterocycles. The summed E-state index contributed by atoms with van der Waals surface area (Å²) in [5.74, 6) is -0.961. The van der Waals surface area contributed by atoms with Crippen LogP contribution in [0.5, 0.6) is 0 Å². The van der Waals surface area contributed by atoms with Gasteiger partial charge in [0.1, 0.15) is 6.54 Å². The maximum Gasteiger partial charge on any atom is 0.323 e. The summed E-state index contributed by atoms with van der Waals surface area (Å²) in [4.78, 5) is 27.4. The van der Waals surface area contributed by atoms with Crippen molar-refractivity contribution in [2.24, 2.45) is 0 Å². The van der Waals surface area contributed by atoms with Gasteiger partial charge in [-0.1, -0.05) is 6.07 Å². The molecule has 0 radical (unpaired) electrons. The number of amides is 2. The Balaban J connectivity index is 2.06. The van der Waals surface area contributed by atoms with E-state index in [1.165, 1.54) is 4.90 Å². The molecule has 1 aliphatic carbocycles. The monoisotopic (exact) mass is 282 g/mol. The van der Waals surface area contributed by atoms with E-state index in [0.29, 0.717) is 0 Å². The van der Waals surface area contributed by atoms with Crippen molar-refractivity contribution in [3.8, 4) is 0 Å². The van der Waals surface area contributed by atoms with Crippen LogP contribution in [0.2, 0.25) is 0 Å². The van der Waals surface area contributed by atoms with Crippen molar-refractivity contribution < 1.29 is 14.7 Å². The minimum atomic E-state index is -0.961. The van der Waals surface area contributed by atoms with E-state index >= 15 is 0 Å². The highest BCUT2D eigenvalue weighted by atomic mass is 32.1. The van der Waals surface area contributed by atoms with Gasteiger partial charge in [-0.15, -0.1) is 11.3 Å². The topological polar surface area (TPSA) is 60.9 Å². The number of thiophene rings is 1. The molecule has 0 spiro atoms. The summed E-state index contributed by atoms with van der Waals surface area (Å²) in [6, 6.07) is 3.79. The summed E-state index contributed by atoms with van der Waals surface area (Å²) in [6.45, 7) is 1.74. The third-order valence-electron chi connectivity index (χ3n) is 3.38. The quantitative estimate of drug-likeness (QED) is 0.902. The Morgan fingerprint density at radius 1 is 1.53 bits per heavy atom. The molecule has 1 fully saturated rings. The van der Waals surface area contributed by atoms with Crippen molar-refractivity contribution in [3.05, 3.63) is 22.4 Å². The summed E-state index contributed by atoms with van der Waals surface area (Å²) in [5, 5.41) is 10.9. The van der Waals surface area contributed by atoms with E-state index in [4.69, 9.17) is 5.11 Å². The first-order valence-electron chi connectivity index (χ1n) is 6.29. The second-order valence-electron chi connectivity index (χ2n) is 4.84. The lowest BCUT2D eigenvalue weighted by Gasteiger charge is -2.30. The first-order valence-corrected chi connectivity index (χ1v) is 7.17. The van der Waals surface area contributed by atoms with E-state index in [1.807, 2.05) is 24.4 Å². The normalized spacial score (nSPS) is 15.9. The predicted octanol–water partition coefficient (Wildman–Crippen LogP) is 2.41.